The summed E-state index contributed by atoms with van der Waals surface area (Å²) in [6.07, 6.45) is 0. The standard InChI is InChI=1S/C7H5ClN2S/c8-4-5-2-1-3-6-7(5)10-11-9-6/h1-3H,4H2. The Morgan fingerprint density at radius 3 is 3.09 bits per heavy atom. The molecule has 0 radical (unpaired) electrons. The lowest BCUT2D eigenvalue weighted by Gasteiger charge is -1.92. The van der Waals surface area contributed by atoms with Crippen molar-refractivity contribution in [1.82, 2.24) is 8.75 Å². The first-order valence-corrected chi connectivity index (χ1v) is 4.44. The van der Waals surface area contributed by atoms with Crippen LogP contribution < -0.4 is 0 Å². The lowest BCUT2D eigenvalue weighted by molar-refractivity contribution is 1.42. The molecule has 0 unspecified atom stereocenters. The molecule has 0 saturated carbocycles. The molecule has 0 saturated heterocycles. The number of hydrogen-bond acceptors (Lipinski definition) is 3. The van der Waals surface area contributed by atoms with E-state index in [0.717, 1.165) is 16.6 Å². The smallest absolute Gasteiger partial charge is 0.109 e. The molecular weight excluding hydrogens is 180 g/mol. The van der Waals surface area contributed by atoms with Crippen molar-refractivity contribution in [2.24, 2.45) is 0 Å². The summed E-state index contributed by atoms with van der Waals surface area (Å²) in [6, 6.07) is 5.85. The molecule has 1 aromatic carbocycles. The van der Waals surface area contributed by atoms with Gasteiger partial charge >= 0.3 is 0 Å². The van der Waals surface area contributed by atoms with Crippen LogP contribution in [0, 0.1) is 0 Å². The quantitative estimate of drug-likeness (QED) is 0.637. The van der Waals surface area contributed by atoms with Crippen molar-refractivity contribution in [3.8, 4) is 0 Å². The van der Waals surface area contributed by atoms with E-state index in [-0.39, 0.29) is 0 Å². The fraction of sp³-hybridized carbons (Fsp3) is 0.143. The van der Waals surface area contributed by atoms with Gasteiger partial charge in [0.1, 0.15) is 11.0 Å². The lowest BCUT2D eigenvalue weighted by atomic mass is 10.2. The maximum absolute atomic E-state index is 5.70. The van der Waals surface area contributed by atoms with Gasteiger partial charge in [-0.3, -0.25) is 0 Å². The highest BCUT2D eigenvalue weighted by molar-refractivity contribution is 7.00. The van der Waals surface area contributed by atoms with Crippen LogP contribution in [0.4, 0.5) is 0 Å². The normalized spacial score (nSPS) is 10.6. The topological polar surface area (TPSA) is 25.8 Å². The number of halogens is 1. The third-order valence-corrected chi connectivity index (χ3v) is 2.34. The highest BCUT2D eigenvalue weighted by Crippen LogP contribution is 2.17. The van der Waals surface area contributed by atoms with E-state index in [9.17, 15) is 0 Å². The van der Waals surface area contributed by atoms with Gasteiger partial charge in [-0.25, -0.2) is 0 Å². The molecule has 0 N–H and O–H groups in total. The summed E-state index contributed by atoms with van der Waals surface area (Å²) in [4.78, 5) is 0. The van der Waals surface area contributed by atoms with Crippen LogP contribution in [0.2, 0.25) is 0 Å². The Bertz CT molecular complexity index is 371. The van der Waals surface area contributed by atoms with Crippen molar-refractivity contribution in [3.63, 3.8) is 0 Å². The number of fused-ring (bicyclic) bond motifs is 1. The van der Waals surface area contributed by atoms with E-state index >= 15 is 0 Å². The average molecular weight is 185 g/mol. The monoisotopic (exact) mass is 184 g/mol. The Kier molecular flexibility index (Phi) is 1.75. The third-order valence-electron chi connectivity index (χ3n) is 1.51. The molecule has 0 bridgehead atoms. The Hall–Kier alpha value is -0.670. The average Bonchev–Trinajstić information content (AvgIpc) is 2.50. The Labute approximate surface area is 73.1 Å². The highest BCUT2D eigenvalue weighted by atomic mass is 35.5. The van der Waals surface area contributed by atoms with Crippen molar-refractivity contribution >= 4 is 34.4 Å². The van der Waals surface area contributed by atoms with Gasteiger partial charge in [-0.2, -0.15) is 8.75 Å². The number of hydrogen-bond donors (Lipinski definition) is 0. The maximum Gasteiger partial charge on any atom is 0.109 e. The number of alkyl halides is 1. The molecule has 1 aromatic heterocycles. The number of nitrogens with zero attached hydrogens (tertiary/aromatic N) is 2. The van der Waals surface area contributed by atoms with Gasteiger partial charge in [0, 0.05) is 5.88 Å². The second-order valence-electron chi connectivity index (χ2n) is 2.18. The molecule has 4 heteroatoms. The number of benzene rings is 1. The number of aromatic nitrogens is 2. The summed E-state index contributed by atoms with van der Waals surface area (Å²) < 4.78 is 8.23. The van der Waals surface area contributed by atoms with E-state index in [4.69, 9.17) is 11.6 Å². The van der Waals surface area contributed by atoms with Crippen molar-refractivity contribution < 1.29 is 0 Å². The second kappa shape index (κ2) is 2.75. The van der Waals surface area contributed by atoms with Crippen LogP contribution in [0.3, 0.4) is 0 Å². The van der Waals surface area contributed by atoms with Gasteiger partial charge in [0.2, 0.25) is 0 Å². The van der Waals surface area contributed by atoms with Crippen molar-refractivity contribution in [2.45, 2.75) is 5.88 Å². The van der Waals surface area contributed by atoms with E-state index in [1.165, 1.54) is 11.7 Å². The summed E-state index contributed by atoms with van der Waals surface area (Å²) in [5.41, 5.74) is 2.93. The minimum absolute atomic E-state index is 0.503. The van der Waals surface area contributed by atoms with Crippen LogP contribution in [0.5, 0.6) is 0 Å². The molecule has 0 aliphatic heterocycles. The molecule has 0 aliphatic rings. The molecule has 0 spiro atoms. The van der Waals surface area contributed by atoms with Crippen LogP contribution in [0.1, 0.15) is 5.56 Å². The van der Waals surface area contributed by atoms with Gasteiger partial charge in [-0.1, -0.05) is 12.1 Å². The van der Waals surface area contributed by atoms with Gasteiger partial charge in [0.05, 0.1) is 11.7 Å². The van der Waals surface area contributed by atoms with Crippen LogP contribution in [0.15, 0.2) is 18.2 Å². The first kappa shape index (κ1) is 7.00. The molecule has 0 aliphatic carbocycles. The first-order valence-electron chi connectivity index (χ1n) is 3.18. The van der Waals surface area contributed by atoms with Gasteiger partial charge in [0.25, 0.3) is 0 Å². The molecule has 0 amide bonds. The Morgan fingerprint density at radius 1 is 1.36 bits per heavy atom. The summed E-state index contributed by atoms with van der Waals surface area (Å²) in [5.74, 6) is 0.503. The largest absolute Gasteiger partial charge is 0.173 e. The zero-order chi connectivity index (χ0) is 7.68. The van der Waals surface area contributed by atoms with Gasteiger partial charge in [0.15, 0.2) is 0 Å². The number of rotatable bonds is 1. The molecular formula is C7H5ClN2S. The lowest BCUT2D eigenvalue weighted by Crippen LogP contribution is -1.79. The van der Waals surface area contributed by atoms with E-state index in [1.54, 1.807) is 0 Å². The molecule has 0 atom stereocenters. The minimum Gasteiger partial charge on any atom is -0.173 e. The molecule has 0 fully saturated rings. The Morgan fingerprint density at radius 2 is 2.27 bits per heavy atom. The highest BCUT2D eigenvalue weighted by Gasteiger charge is 2.01. The summed E-state index contributed by atoms with van der Waals surface area (Å²) in [7, 11) is 0. The fourth-order valence-corrected chi connectivity index (χ4v) is 1.75. The SMILES string of the molecule is ClCc1cccc2nsnc12. The summed E-state index contributed by atoms with van der Waals surface area (Å²) >= 11 is 6.92. The van der Waals surface area contributed by atoms with Crippen LogP contribution in [-0.4, -0.2) is 8.75 Å². The molecule has 2 aromatic rings. The maximum atomic E-state index is 5.70. The van der Waals surface area contributed by atoms with Crippen molar-refractivity contribution in [2.75, 3.05) is 0 Å². The first-order chi connectivity index (χ1) is 5.42. The van der Waals surface area contributed by atoms with E-state index in [2.05, 4.69) is 8.75 Å². The van der Waals surface area contributed by atoms with E-state index < -0.39 is 0 Å². The molecule has 2 nitrogen and oxygen atoms in total. The molecule has 1 heterocycles. The molecule has 11 heavy (non-hydrogen) atoms. The zero-order valence-electron chi connectivity index (χ0n) is 5.62. The predicted octanol–water partition coefficient (Wildman–Crippen LogP) is 2.43. The van der Waals surface area contributed by atoms with Gasteiger partial charge in [-0.15, -0.1) is 11.6 Å². The summed E-state index contributed by atoms with van der Waals surface area (Å²) in [6.45, 7) is 0. The predicted molar refractivity (Wildman–Crippen MR) is 47.0 cm³/mol. The van der Waals surface area contributed by atoms with Crippen LogP contribution in [-0.2, 0) is 5.88 Å². The van der Waals surface area contributed by atoms with Gasteiger partial charge < -0.3 is 0 Å². The van der Waals surface area contributed by atoms with Crippen molar-refractivity contribution in [1.29, 1.82) is 0 Å². The fourth-order valence-electron chi connectivity index (χ4n) is 0.970. The second-order valence-corrected chi connectivity index (χ2v) is 2.98. The van der Waals surface area contributed by atoms with Gasteiger partial charge in [-0.05, 0) is 11.6 Å². The summed E-state index contributed by atoms with van der Waals surface area (Å²) in [5, 5.41) is 0. The Balaban J connectivity index is 2.79. The zero-order valence-corrected chi connectivity index (χ0v) is 7.19. The van der Waals surface area contributed by atoms with E-state index in [1.807, 2.05) is 18.2 Å². The van der Waals surface area contributed by atoms with Crippen LogP contribution >= 0.6 is 23.3 Å². The van der Waals surface area contributed by atoms with Crippen molar-refractivity contribution in [3.05, 3.63) is 23.8 Å². The third kappa shape index (κ3) is 1.10. The minimum atomic E-state index is 0.503. The van der Waals surface area contributed by atoms with Crippen LogP contribution in [0.25, 0.3) is 11.0 Å². The molecule has 56 valence electrons. The molecule has 2 rings (SSSR count). The van der Waals surface area contributed by atoms with E-state index in [0.29, 0.717) is 5.88 Å².